The number of piperidine rings is 1. The average Bonchev–Trinajstić information content (AvgIpc) is 3.18. The van der Waals surface area contributed by atoms with E-state index in [-0.39, 0.29) is 11.5 Å². The van der Waals surface area contributed by atoms with Gasteiger partial charge in [-0.25, -0.2) is 17.6 Å². The molecule has 2 atom stereocenters. The molecule has 3 aromatic rings. The van der Waals surface area contributed by atoms with E-state index in [0.29, 0.717) is 30.8 Å². The fourth-order valence-electron chi connectivity index (χ4n) is 3.96. The van der Waals surface area contributed by atoms with Crippen molar-refractivity contribution in [2.24, 2.45) is 7.05 Å². The van der Waals surface area contributed by atoms with Crippen LogP contribution in [0.25, 0.3) is 11.3 Å². The summed E-state index contributed by atoms with van der Waals surface area (Å²) in [5.41, 5.74) is 0.466. The van der Waals surface area contributed by atoms with Gasteiger partial charge < -0.3 is 10.6 Å². The zero-order chi connectivity index (χ0) is 22.1. The molecule has 2 N–H and O–H groups in total. The third kappa shape index (κ3) is 4.05. The number of nitrogens with zero attached hydrogens (tertiary/aromatic N) is 2. The predicted molar refractivity (Wildman–Crippen MR) is 106 cm³/mol. The van der Waals surface area contributed by atoms with E-state index in [0.717, 1.165) is 12.1 Å². The van der Waals surface area contributed by atoms with Crippen LogP contribution in [0.4, 0.5) is 17.6 Å². The molecule has 9 heteroatoms. The van der Waals surface area contributed by atoms with Gasteiger partial charge in [0.05, 0.1) is 11.3 Å². The maximum atomic E-state index is 14.7. The lowest BCUT2D eigenvalue weighted by Gasteiger charge is -2.33. The van der Waals surface area contributed by atoms with Crippen LogP contribution in [0.15, 0.2) is 42.6 Å². The molecule has 0 bridgehead atoms. The minimum Gasteiger partial charge on any atom is -0.347 e. The highest BCUT2D eigenvalue weighted by molar-refractivity contribution is 5.95. The van der Waals surface area contributed by atoms with Crippen LogP contribution in [0.3, 0.4) is 0 Å². The number of hydrogen-bond acceptors (Lipinski definition) is 3. The Kier molecular flexibility index (Phi) is 5.77. The van der Waals surface area contributed by atoms with Crippen LogP contribution in [0, 0.1) is 23.3 Å². The van der Waals surface area contributed by atoms with E-state index in [1.165, 1.54) is 35.1 Å². The summed E-state index contributed by atoms with van der Waals surface area (Å²) in [5, 5.41) is 9.77. The van der Waals surface area contributed by atoms with Crippen LogP contribution >= 0.6 is 0 Å². The van der Waals surface area contributed by atoms with E-state index in [4.69, 9.17) is 0 Å². The summed E-state index contributed by atoms with van der Waals surface area (Å²) in [7, 11) is 1.60. The fourth-order valence-corrected chi connectivity index (χ4v) is 3.96. The molecule has 0 radical (unpaired) electrons. The van der Waals surface area contributed by atoms with Gasteiger partial charge >= 0.3 is 0 Å². The minimum absolute atomic E-state index is 0.00644. The molecule has 0 aliphatic carbocycles. The van der Waals surface area contributed by atoms with Gasteiger partial charge in [0.15, 0.2) is 23.3 Å². The summed E-state index contributed by atoms with van der Waals surface area (Å²) < 4.78 is 57.8. The van der Waals surface area contributed by atoms with Gasteiger partial charge in [-0.1, -0.05) is 6.07 Å². The molecular weight excluding hydrogens is 412 g/mol. The molecule has 1 amide bonds. The zero-order valence-corrected chi connectivity index (χ0v) is 16.6. The van der Waals surface area contributed by atoms with Crippen LogP contribution < -0.4 is 10.6 Å². The molecule has 1 aliphatic rings. The molecule has 0 saturated carbocycles. The normalized spacial score (nSPS) is 18.7. The van der Waals surface area contributed by atoms with Crippen molar-refractivity contribution in [3.05, 3.63) is 77.0 Å². The highest BCUT2D eigenvalue weighted by Crippen LogP contribution is 2.29. The first-order chi connectivity index (χ1) is 14.9. The van der Waals surface area contributed by atoms with Crippen molar-refractivity contribution < 1.29 is 22.4 Å². The van der Waals surface area contributed by atoms with E-state index < -0.39 is 40.8 Å². The number of aromatic nitrogens is 2. The Morgan fingerprint density at radius 3 is 2.61 bits per heavy atom. The molecule has 1 saturated heterocycles. The Bertz CT molecular complexity index is 1130. The molecule has 2 heterocycles. The Balaban J connectivity index is 1.58. The van der Waals surface area contributed by atoms with Crippen LogP contribution in [-0.4, -0.2) is 34.8 Å². The molecule has 5 nitrogen and oxygen atoms in total. The van der Waals surface area contributed by atoms with Crippen LogP contribution in [-0.2, 0) is 7.05 Å². The number of carbonyl (C=O) groups excluding carboxylic acids is 1. The second kappa shape index (κ2) is 8.50. The van der Waals surface area contributed by atoms with Gasteiger partial charge in [0, 0.05) is 37.3 Å². The highest BCUT2D eigenvalue weighted by Gasteiger charge is 2.30. The van der Waals surface area contributed by atoms with Crippen LogP contribution in [0.2, 0.25) is 0 Å². The molecule has 4 rings (SSSR count). The van der Waals surface area contributed by atoms with Gasteiger partial charge in [0.2, 0.25) is 0 Å². The third-order valence-electron chi connectivity index (χ3n) is 5.59. The van der Waals surface area contributed by atoms with Gasteiger partial charge in [0.25, 0.3) is 5.91 Å². The third-order valence-corrected chi connectivity index (χ3v) is 5.59. The maximum absolute atomic E-state index is 14.7. The number of hydrogen-bond donors (Lipinski definition) is 2. The first kappa shape index (κ1) is 21.0. The monoisotopic (exact) mass is 432 g/mol. The van der Waals surface area contributed by atoms with Gasteiger partial charge in [-0.05, 0) is 48.9 Å². The smallest absolute Gasteiger partial charge is 0.254 e. The Hall–Kier alpha value is -3.20. The van der Waals surface area contributed by atoms with E-state index in [2.05, 4.69) is 15.7 Å². The number of nitrogens with one attached hydrogen (secondary N) is 2. The number of benzene rings is 2. The number of rotatable bonds is 4. The van der Waals surface area contributed by atoms with Crippen LogP contribution in [0.5, 0.6) is 0 Å². The predicted octanol–water partition coefficient (Wildman–Crippen LogP) is 3.52. The lowest BCUT2D eigenvalue weighted by Crippen LogP contribution is -2.50. The second-order valence-corrected chi connectivity index (χ2v) is 7.48. The van der Waals surface area contributed by atoms with Gasteiger partial charge in [-0.3, -0.25) is 9.48 Å². The summed E-state index contributed by atoms with van der Waals surface area (Å²) in [5.74, 6) is -5.42. The number of carbonyl (C=O) groups is 1. The first-order valence-electron chi connectivity index (χ1n) is 9.79. The number of aryl methyl sites for hydroxylation is 1. The van der Waals surface area contributed by atoms with Gasteiger partial charge in [-0.2, -0.15) is 5.10 Å². The Morgan fingerprint density at radius 2 is 1.90 bits per heavy atom. The van der Waals surface area contributed by atoms with E-state index in [1.54, 1.807) is 7.05 Å². The van der Waals surface area contributed by atoms with Gasteiger partial charge in [-0.15, -0.1) is 0 Å². The summed E-state index contributed by atoms with van der Waals surface area (Å²) in [6.45, 7) is 0.977. The SMILES string of the molecule is Cn1nccc1-c1ccc(C(=O)N[C@@H]2CNCC[C@H]2c2ccc(F)c(F)c2)c(F)c1F. The molecule has 2 aromatic carbocycles. The van der Waals surface area contributed by atoms with Crippen molar-refractivity contribution in [1.29, 1.82) is 0 Å². The van der Waals surface area contributed by atoms with E-state index in [1.807, 2.05) is 0 Å². The molecule has 1 fully saturated rings. The molecule has 31 heavy (non-hydrogen) atoms. The lowest BCUT2D eigenvalue weighted by atomic mass is 9.85. The topological polar surface area (TPSA) is 59.0 Å². The molecular formula is C22H20F4N4O. The summed E-state index contributed by atoms with van der Waals surface area (Å²) in [4.78, 5) is 12.8. The highest BCUT2D eigenvalue weighted by atomic mass is 19.2. The van der Waals surface area contributed by atoms with Gasteiger partial charge in [0.1, 0.15) is 0 Å². The fraction of sp³-hybridized carbons (Fsp3) is 0.273. The van der Waals surface area contributed by atoms with Crippen LogP contribution in [0.1, 0.15) is 28.3 Å². The largest absolute Gasteiger partial charge is 0.347 e. The number of halogens is 4. The minimum atomic E-state index is -1.26. The summed E-state index contributed by atoms with van der Waals surface area (Å²) in [6.07, 6.45) is 2.02. The molecule has 1 aliphatic heterocycles. The average molecular weight is 432 g/mol. The Labute approximate surface area is 176 Å². The molecule has 0 spiro atoms. The van der Waals surface area contributed by atoms with Crippen molar-refractivity contribution in [2.75, 3.05) is 13.1 Å². The molecule has 1 aromatic heterocycles. The van der Waals surface area contributed by atoms with Crippen molar-refractivity contribution in [3.8, 4) is 11.3 Å². The Morgan fingerprint density at radius 1 is 1.10 bits per heavy atom. The lowest BCUT2D eigenvalue weighted by molar-refractivity contribution is 0.0919. The quantitative estimate of drug-likeness (QED) is 0.621. The second-order valence-electron chi connectivity index (χ2n) is 7.48. The number of amides is 1. The van der Waals surface area contributed by atoms with Crippen molar-refractivity contribution in [1.82, 2.24) is 20.4 Å². The first-order valence-corrected chi connectivity index (χ1v) is 9.79. The van der Waals surface area contributed by atoms with Crippen molar-refractivity contribution >= 4 is 5.91 Å². The van der Waals surface area contributed by atoms with E-state index >= 15 is 0 Å². The standard InChI is InChI=1S/C22H20F4N4O/c1-30-19(7-9-28-30)14-3-4-15(21(26)20(14)25)22(31)29-18-11-27-8-6-13(18)12-2-5-16(23)17(24)10-12/h2-5,7,9-10,13,18,27H,6,8,11H2,1H3,(H,29,31)/t13-,18+/m0/s1. The molecule has 162 valence electrons. The van der Waals surface area contributed by atoms with E-state index in [9.17, 15) is 22.4 Å². The zero-order valence-electron chi connectivity index (χ0n) is 16.6. The van der Waals surface area contributed by atoms with Crippen molar-refractivity contribution in [3.63, 3.8) is 0 Å². The molecule has 0 unspecified atom stereocenters. The maximum Gasteiger partial charge on any atom is 0.254 e. The van der Waals surface area contributed by atoms with Crippen molar-refractivity contribution in [2.45, 2.75) is 18.4 Å². The summed E-state index contributed by atoms with van der Waals surface area (Å²) in [6, 6.07) is 7.19. The summed E-state index contributed by atoms with van der Waals surface area (Å²) >= 11 is 0.